The molecule has 2 unspecified atom stereocenters. The minimum Gasteiger partial charge on any atom is -0.750 e. The highest BCUT2D eigenvalue weighted by atomic mass is 32.2. The first-order valence-electron chi connectivity index (χ1n) is 3.74. The Balaban J connectivity index is 0.000000310. The molecule has 5 nitrogen and oxygen atoms in total. The van der Waals surface area contributed by atoms with Gasteiger partial charge in [0.1, 0.15) is 0 Å². The molecule has 0 radical (unpaired) electrons. The topological polar surface area (TPSA) is 80.4 Å². The third-order valence-corrected chi connectivity index (χ3v) is 1.64. The predicted octanol–water partition coefficient (Wildman–Crippen LogP) is 0.132. The second-order valence-corrected chi connectivity index (χ2v) is 2.91. The molecule has 0 aromatic rings. The first-order chi connectivity index (χ1) is 6.02. The maximum atomic E-state index is 10.8. The van der Waals surface area contributed by atoms with Gasteiger partial charge in [0.05, 0.1) is 11.4 Å². The third kappa shape index (κ3) is 5.51. The molecule has 6 heteroatoms. The normalized spacial score (nSPS) is 21.2. The molecule has 0 bridgehead atoms. The van der Waals surface area contributed by atoms with E-state index in [4.69, 9.17) is 13.3 Å². The summed E-state index contributed by atoms with van der Waals surface area (Å²) in [6.45, 7) is 6.42. The number of carbonyl (C=O) groups excluding carboxylic acids is 1. The van der Waals surface area contributed by atoms with Crippen LogP contribution in [0.15, 0.2) is 12.7 Å². The molecule has 1 N–H and O–H groups in total. The second-order valence-electron chi connectivity index (χ2n) is 2.47. The minimum atomic E-state index is -2.86. The average Bonchev–Trinajstić information content (AvgIpc) is 2.80. The van der Waals surface area contributed by atoms with E-state index in [0.717, 1.165) is 13.0 Å². The van der Waals surface area contributed by atoms with Crippen molar-refractivity contribution in [1.29, 1.82) is 0 Å². The molecule has 76 valence electrons. The van der Waals surface area contributed by atoms with Gasteiger partial charge in [0.25, 0.3) is 0 Å². The fourth-order valence-electron chi connectivity index (χ4n) is 0.917. The van der Waals surface area contributed by atoms with Crippen molar-refractivity contribution in [2.45, 2.75) is 19.4 Å². The highest BCUT2D eigenvalue weighted by Gasteiger charge is 2.34. The van der Waals surface area contributed by atoms with Gasteiger partial charge in [-0.3, -0.25) is 4.79 Å². The molecule has 13 heavy (non-hydrogen) atoms. The summed E-state index contributed by atoms with van der Waals surface area (Å²) in [5, 5.41) is 0. The van der Waals surface area contributed by atoms with Gasteiger partial charge in [-0.25, -0.2) is 4.21 Å². The molecule has 0 saturated carbocycles. The molecule has 1 aliphatic rings. The van der Waals surface area contributed by atoms with Crippen LogP contribution in [0.5, 0.6) is 0 Å². The lowest BCUT2D eigenvalue weighted by molar-refractivity contribution is -0.121. The van der Waals surface area contributed by atoms with Gasteiger partial charge in [-0.05, 0) is 12.5 Å². The van der Waals surface area contributed by atoms with Crippen LogP contribution in [0, 0.1) is 0 Å². The van der Waals surface area contributed by atoms with Gasteiger partial charge in [-0.15, -0.1) is 0 Å². The quantitative estimate of drug-likeness (QED) is 0.395. The maximum Gasteiger partial charge on any atom is 0.246 e. The summed E-state index contributed by atoms with van der Waals surface area (Å²) in [5.41, 5.74) is 0. The Kier molecular flexibility index (Phi) is 5.52. The molecule has 1 rings (SSSR count). The van der Waals surface area contributed by atoms with Gasteiger partial charge in [-0.2, -0.15) is 0 Å². The van der Waals surface area contributed by atoms with E-state index >= 15 is 0 Å². The number of carbonyl (C=O) groups is 1. The van der Waals surface area contributed by atoms with Crippen LogP contribution in [0.25, 0.3) is 0 Å². The number of nitrogens with zero attached hydrogens (tertiary/aromatic N) is 1. The van der Waals surface area contributed by atoms with Crippen LogP contribution < -0.4 is 0 Å². The Morgan fingerprint density at radius 2 is 2.38 bits per heavy atom. The Bertz CT molecular complexity index is 215. The predicted molar refractivity (Wildman–Crippen MR) is 47.5 cm³/mol. The third-order valence-electron chi connectivity index (χ3n) is 1.64. The van der Waals surface area contributed by atoms with Gasteiger partial charge >= 0.3 is 0 Å². The summed E-state index contributed by atoms with van der Waals surface area (Å²) in [6.07, 6.45) is 2.44. The highest BCUT2D eigenvalue weighted by Crippen LogP contribution is 2.19. The fourth-order valence-corrected chi connectivity index (χ4v) is 0.917. The van der Waals surface area contributed by atoms with Gasteiger partial charge in [0.15, 0.2) is 0 Å². The van der Waals surface area contributed by atoms with Gasteiger partial charge in [0.2, 0.25) is 5.91 Å². The molecule has 0 spiro atoms. The molecule has 0 aromatic carbocycles. The molecular formula is C7H12NO4S-. The van der Waals surface area contributed by atoms with Crippen molar-refractivity contribution in [3.8, 4) is 0 Å². The van der Waals surface area contributed by atoms with Crippen molar-refractivity contribution in [2.75, 3.05) is 6.54 Å². The Hall–Kier alpha value is -0.720. The molecule has 1 fully saturated rings. The standard InChI is InChI=1S/C7H11NO.H2O3S/c1-3-6-5-8(6)7(9)4-2;1-4(2)3/h4,6H,2-3,5H2,1H3;(H2,1,2,3)/p-1. The van der Waals surface area contributed by atoms with E-state index < -0.39 is 11.4 Å². The van der Waals surface area contributed by atoms with Crippen LogP contribution in [0.3, 0.4) is 0 Å². The largest absolute Gasteiger partial charge is 0.750 e. The Morgan fingerprint density at radius 1 is 1.92 bits per heavy atom. The van der Waals surface area contributed by atoms with Crippen molar-refractivity contribution in [1.82, 2.24) is 4.90 Å². The lowest BCUT2D eigenvalue weighted by Crippen LogP contribution is -2.08. The van der Waals surface area contributed by atoms with Crippen LogP contribution in [0.4, 0.5) is 0 Å². The summed E-state index contributed by atoms with van der Waals surface area (Å²) in [4.78, 5) is 12.6. The van der Waals surface area contributed by atoms with Crippen molar-refractivity contribution in [2.24, 2.45) is 0 Å². The zero-order valence-corrected chi connectivity index (χ0v) is 8.12. The smallest absolute Gasteiger partial charge is 0.246 e. The second kappa shape index (κ2) is 5.85. The van der Waals surface area contributed by atoms with Gasteiger partial charge in [-0.1, -0.05) is 13.5 Å². The van der Waals surface area contributed by atoms with Gasteiger partial charge < -0.3 is 14.0 Å². The summed E-state index contributed by atoms with van der Waals surface area (Å²) in [6, 6.07) is 0.510. The Labute approximate surface area is 79.5 Å². The van der Waals surface area contributed by atoms with Crippen LogP contribution in [0.1, 0.15) is 13.3 Å². The lowest BCUT2D eigenvalue weighted by Gasteiger charge is -1.94. The van der Waals surface area contributed by atoms with E-state index in [1.54, 1.807) is 0 Å². The molecule has 2 atom stereocenters. The van der Waals surface area contributed by atoms with Crippen LogP contribution in [-0.2, 0) is 16.2 Å². The molecule has 1 saturated heterocycles. The zero-order valence-electron chi connectivity index (χ0n) is 7.30. The van der Waals surface area contributed by atoms with E-state index in [0.29, 0.717) is 6.04 Å². The lowest BCUT2D eigenvalue weighted by atomic mass is 10.4. The van der Waals surface area contributed by atoms with Crippen LogP contribution in [0.2, 0.25) is 0 Å². The minimum absolute atomic E-state index is 0.0712. The van der Waals surface area contributed by atoms with E-state index in [1.165, 1.54) is 6.08 Å². The molecule has 1 aliphatic heterocycles. The number of hydrogen-bond donors (Lipinski definition) is 1. The first kappa shape index (κ1) is 12.3. The fraction of sp³-hybridized carbons (Fsp3) is 0.571. The molecule has 1 heterocycles. The van der Waals surface area contributed by atoms with Crippen molar-refractivity contribution in [3.63, 3.8) is 0 Å². The van der Waals surface area contributed by atoms with Crippen molar-refractivity contribution < 1.29 is 18.1 Å². The summed E-state index contributed by atoms with van der Waals surface area (Å²) >= 11 is -2.86. The Morgan fingerprint density at radius 3 is 2.62 bits per heavy atom. The van der Waals surface area contributed by atoms with E-state index in [-0.39, 0.29) is 5.91 Å². The maximum absolute atomic E-state index is 10.8. The van der Waals surface area contributed by atoms with Crippen molar-refractivity contribution in [3.05, 3.63) is 12.7 Å². The molecule has 0 aliphatic carbocycles. The number of rotatable bonds is 2. The summed E-state index contributed by atoms with van der Waals surface area (Å²) in [7, 11) is 0. The van der Waals surface area contributed by atoms with Crippen molar-refractivity contribution >= 4 is 17.3 Å². The van der Waals surface area contributed by atoms with E-state index in [9.17, 15) is 4.79 Å². The summed E-state index contributed by atoms with van der Waals surface area (Å²) in [5.74, 6) is 0.0712. The molecule has 1 amide bonds. The monoisotopic (exact) mass is 206 g/mol. The summed E-state index contributed by atoms with van der Waals surface area (Å²) < 4.78 is 24.1. The number of amides is 1. The first-order valence-corrected chi connectivity index (χ1v) is 4.77. The van der Waals surface area contributed by atoms with E-state index in [2.05, 4.69) is 13.5 Å². The van der Waals surface area contributed by atoms with Crippen LogP contribution >= 0.6 is 0 Å². The highest BCUT2D eigenvalue weighted by molar-refractivity contribution is 7.73. The number of hydrogen-bond acceptors (Lipinski definition) is 3. The SMILES string of the molecule is C=CC(=O)N1CC1CC.O=S([O-])O. The molecular weight excluding hydrogens is 194 g/mol. The zero-order chi connectivity index (χ0) is 10.4. The van der Waals surface area contributed by atoms with Crippen LogP contribution in [-0.4, -0.2) is 36.7 Å². The molecule has 0 aromatic heterocycles. The van der Waals surface area contributed by atoms with Gasteiger partial charge in [0, 0.05) is 12.6 Å². The average molecular weight is 206 g/mol. The van der Waals surface area contributed by atoms with E-state index in [1.807, 2.05) is 4.90 Å².